The number of piperazine rings is 1. The van der Waals surface area contributed by atoms with Crippen molar-refractivity contribution in [1.29, 1.82) is 0 Å². The topological polar surface area (TPSA) is 47.9 Å². The molecule has 1 unspecified atom stereocenters. The number of carbonyl (C=O) groups is 1. The van der Waals surface area contributed by atoms with E-state index in [0.717, 1.165) is 32.0 Å². The maximum absolute atomic E-state index is 11.2. The van der Waals surface area contributed by atoms with Crippen molar-refractivity contribution in [2.45, 2.75) is 19.9 Å². The minimum Gasteiger partial charge on any atom is -0.370 e. The fourth-order valence-corrected chi connectivity index (χ4v) is 1.97. The quantitative estimate of drug-likeness (QED) is 0.680. The lowest BCUT2D eigenvalue weighted by molar-refractivity contribution is -0.130. The van der Waals surface area contributed by atoms with Crippen molar-refractivity contribution in [2.24, 2.45) is 4.99 Å². The van der Waals surface area contributed by atoms with Gasteiger partial charge in [0.05, 0.1) is 6.34 Å². The van der Waals surface area contributed by atoms with E-state index in [9.17, 15) is 4.79 Å². The van der Waals surface area contributed by atoms with Gasteiger partial charge >= 0.3 is 0 Å². The average Bonchev–Trinajstić information content (AvgIpc) is 2.29. The highest BCUT2D eigenvalue weighted by atomic mass is 16.2. The Hall–Kier alpha value is -1.52. The van der Waals surface area contributed by atoms with Gasteiger partial charge in [0.25, 0.3) is 0 Å². The maximum atomic E-state index is 11.2. The van der Waals surface area contributed by atoms with E-state index in [1.165, 1.54) is 0 Å². The molecule has 5 nitrogen and oxygen atoms in total. The maximum Gasteiger partial charge on any atom is 0.219 e. The van der Waals surface area contributed by atoms with Gasteiger partial charge in [0.15, 0.2) is 0 Å². The van der Waals surface area contributed by atoms with Crippen molar-refractivity contribution in [3.8, 4) is 0 Å². The molecule has 1 fully saturated rings. The molecule has 2 rings (SSSR count). The van der Waals surface area contributed by atoms with Crippen LogP contribution in [0.2, 0.25) is 0 Å². The van der Waals surface area contributed by atoms with Gasteiger partial charge < -0.3 is 15.1 Å². The number of hydrogen-bond donors (Lipinski definition) is 1. The van der Waals surface area contributed by atoms with Gasteiger partial charge in [-0.25, -0.2) is 4.99 Å². The van der Waals surface area contributed by atoms with Crippen LogP contribution in [0.4, 0.5) is 0 Å². The van der Waals surface area contributed by atoms with Crippen LogP contribution in [0.1, 0.15) is 13.8 Å². The third-order valence-electron chi connectivity index (χ3n) is 2.98. The smallest absolute Gasteiger partial charge is 0.219 e. The molecule has 2 aliphatic heterocycles. The molecule has 1 amide bonds. The highest BCUT2D eigenvalue weighted by molar-refractivity contribution is 5.73. The van der Waals surface area contributed by atoms with Gasteiger partial charge in [0.2, 0.25) is 5.91 Å². The summed E-state index contributed by atoms with van der Waals surface area (Å²) in [5, 5.41) is 3.12. The molecule has 2 aliphatic rings. The first-order valence-electron chi connectivity index (χ1n) is 5.67. The van der Waals surface area contributed by atoms with Crippen LogP contribution in [0, 0.1) is 0 Å². The van der Waals surface area contributed by atoms with E-state index in [-0.39, 0.29) is 5.91 Å². The van der Waals surface area contributed by atoms with Crippen molar-refractivity contribution in [1.82, 2.24) is 15.1 Å². The lowest BCUT2D eigenvalue weighted by atomic mass is 10.2. The minimum absolute atomic E-state index is 0.163. The number of nitrogens with zero attached hydrogens (tertiary/aromatic N) is 3. The van der Waals surface area contributed by atoms with Crippen LogP contribution in [-0.2, 0) is 4.79 Å². The Morgan fingerprint density at radius 3 is 2.69 bits per heavy atom. The Morgan fingerprint density at radius 2 is 2.12 bits per heavy atom. The first-order chi connectivity index (χ1) is 7.66. The van der Waals surface area contributed by atoms with Crippen LogP contribution in [0.25, 0.3) is 0 Å². The summed E-state index contributed by atoms with van der Waals surface area (Å²) in [6.07, 6.45) is 3.86. The third-order valence-corrected chi connectivity index (χ3v) is 2.98. The van der Waals surface area contributed by atoms with Gasteiger partial charge in [0, 0.05) is 39.1 Å². The van der Waals surface area contributed by atoms with Gasteiger partial charge in [-0.1, -0.05) is 0 Å². The Morgan fingerprint density at radius 1 is 1.44 bits per heavy atom. The molecule has 0 spiro atoms. The van der Waals surface area contributed by atoms with E-state index < -0.39 is 0 Å². The summed E-state index contributed by atoms with van der Waals surface area (Å²) in [5.41, 5.74) is 0. The largest absolute Gasteiger partial charge is 0.370 e. The number of hydrogen-bond acceptors (Lipinski definition) is 4. The number of rotatable bonds is 1. The van der Waals surface area contributed by atoms with Crippen LogP contribution < -0.4 is 5.32 Å². The van der Waals surface area contributed by atoms with Gasteiger partial charge in [-0.3, -0.25) is 4.79 Å². The van der Waals surface area contributed by atoms with Crippen molar-refractivity contribution in [3.05, 3.63) is 11.9 Å². The summed E-state index contributed by atoms with van der Waals surface area (Å²) in [5.74, 6) is 1.19. The molecule has 1 saturated heterocycles. The van der Waals surface area contributed by atoms with E-state index in [2.05, 4.69) is 28.2 Å². The molecule has 16 heavy (non-hydrogen) atoms. The molecule has 0 aliphatic carbocycles. The predicted molar refractivity (Wildman–Crippen MR) is 63.0 cm³/mol. The fraction of sp³-hybridized carbons (Fsp3) is 0.636. The summed E-state index contributed by atoms with van der Waals surface area (Å²) in [6, 6.07) is 0.332. The standard InChI is InChI=1S/C11H18N4O/c1-9-7-11(13-8-12-9)15-5-3-14(4-6-15)10(2)16/h7-9H,3-6H2,1-2H3,(H,12,13). The van der Waals surface area contributed by atoms with Gasteiger partial charge in [-0.15, -0.1) is 0 Å². The Labute approximate surface area is 95.8 Å². The first-order valence-corrected chi connectivity index (χ1v) is 5.67. The Balaban J connectivity index is 1.94. The molecule has 5 heteroatoms. The SMILES string of the molecule is CC(=O)N1CCN(C2=CC(C)NC=N2)CC1. The van der Waals surface area contributed by atoms with Gasteiger partial charge in [-0.2, -0.15) is 0 Å². The highest BCUT2D eigenvalue weighted by Crippen LogP contribution is 2.13. The summed E-state index contributed by atoms with van der Waals surface area (Å²) >= 11 is 0. The van der Waals surface area contributed by atoms with Crippen molar-refractivity contribution in [2.75, 3.05) is 26.2 Å². The zero-order valence-electron chi connectivity index (χ0n) is 9.81. The second-order valence-electron chi connectivity index (χ2n) is 4.23. The molecule has 0 aromatic carbocycles. The first kappa shape index (κ1) is 11.0. The molecular formula is C11H18N4O. The van der Waals surface area contributed by atoms with E-state index in [0.29, 0.717) is 6.04 Å². The van der Waals surface area contributed by atoms with E-state index >= 15 is 0 Å². The lowest BCUT2D eigenvalue weighted by Crippen LogP contribution is -2.48. The molecule has 0 bridgehead atoms. The Bertz CT molecular complexity index is 329. The number of aliphatic imine (C=N–C) groups is 1. The van der Waals surface area contributed by atoms with Crippen molar-refractivity contribution < 1.29 is 4.79 Å². The van der Waals surface area contributed by atoms with Gasteiger partial charge in [0.1, 0.15) is 5.82 Å². The molecule has 2 heterocycles. The molecular weight excluding hydrogens is 204 g/mol. The zero-order valence-corrected chi connectivity index (χ0v) is 9.81. The normalized spacial score (nSPS) is 25.1. The van der Waals surface area contributed by atoms with E-state index in [1.807, 2.05) is 4.90 Å². The van der Waals surface area contributed by atoms with Crippen molar-refractivity contribution >= 4 is 12.2 Å². The summed E-state index contributed by atoms with van der Waals surface area (Å²) < 4.78 is 0. The second kappa shape index (κ2) is 4.55. The Kier molecular flexibility index (Phi) is 3.12. The number of amides is 1. The molecule has 1 N–H and O–H groups in total. The molecule has 0 aromatic heterocycles. The van der Waals surface area contributed by atoms with Crippen LogP contribution in [0.15, 0.2) is 16.9 Å². The summed E-state index contributed by atoms with van der Waals surface area (Å²) in [6.45, 7) is 7.05. The van der Waals surface area contributed by atoms with Crippen molar-refractivity contribution in [3.63, 3.8) is 0 Å². The number of nitrogens with one attached hydrogen (secondary N) is 1. The van der Waals surface area contributed by atoms with Crippen LogP contribution >= 0.6 is 0 Å². The van der Waals surface area contributed by atoms with E-state index in [4.69, 9.17) is 0 Å². The predicted octanol–water partition coefficient (Wildman–Crippen LogP) is 0.0119. The summed E-state index contributed by atoms with van der Waals surface area (Å²) in [7, 11) is 0. The van der Waals surface area contributed by atoms with E-state index in [1.54, 1.807) is 13.3 Å². The fourth-order valence-electron chi connectivity index (χ4n) is 1.97. The molecule has 1 atom stereocenters. The van der Waals surface area contributed by atoms with Gasteiger partial charge in [-0.05, 0) is 13.0 Å². The zero-order chi connectivity index (χ0) is 11.5. The van der Waals surface area contributed by atoms with Crippen LogP contribution in [0.3, 0.4) is 0 Å². The summed E-state index contributed by atoms with van der Waals surface area (Å²) in [4.78, 5) is 19.6. The highest BCUT2D eigenvalue weighted by Gasteiger charge is 2.20. The molecule has 0 saturated carbocycles. The molecule has 0 radical (unpaired) electrons. The third kappa shape index (κ3) is 2.35. The van der Waals surface area contributed by atoms with Crippen LogP contribution in [0.5, 0.6) is 0 Å². The molecule has 0 aromatic rings. The lowest BCUT2D eigenvalue weighted by Gasteiger charge is -2.36. The second-order valence-corrected chi connectivity index (χ2v) is 4.23. The van der Waals surface area contributed by atoms with Crippen LogP contribution in [-0.4, -0.2) is 54.3 Å². The average molecular weight is 222 g/mol. The monoisotopic (exact) mass is 222 g/mol. The molecule has 88 valence electrons. The number of carbonyl (C=O) groups excluding carboxylic acids is 1. The minimum atomic E-state index is 0.163.